The zero-order valence-electron chi connectivity index (χ0n) is 18.3. The molecule has 1 saturated carbocycles. The summed E-state index contributed by atoms with van der Waals surface area (Å²) in [7, 11) is 0. The lowest BCUT2D eigenvalue weighted by atomic mass is 9.77. The normalized spacial score (nSPS) is 19.7. The molecule has 1 fully saturated rings. The fraction of sp³-hybridized carbons (Fsp3) is 0.500. The lowest BCUT2D eigenvalue weighted by molar-refractivity contribution is 0.303. The topological polar surface area (TPSA) is 0 Å². The van der Waals surface area contributed by atoms with Gasteiger partial charge in [0, 0.05) is 0 Å². The van der Waals surface area contributed by atoms with Crippen molar-refractivity contribution in [3.63, 3.8) is 0 Å². The number of unbranched alkanes of at least 4 members (excludes halogenated alkanes) is 2. The second-order valence-corrected chi connectivity index (χ2v) is 8.75. The van der Waals surface area contributed by atoms with E-state index >= 15 is 0 Å². The van der Waals surface area contributed by atoms with Gasteiger partial charge in [0.2, 0.25) is 0 Å². The maximum Gasteiger partial charge on any atom is 0.127 e. The molecule has 1 heteroatoms. The van der Waals surface area contributed by atoms with Crippen molar-refractivity contribution in [2.75, 3.05) is 0 Å². The van der Waals surface area contributed by atoms with E-state index in [4.69, 9.17) is 0 Å². The van der Waals surface area contributed by atoms with Crippen molar-refractivity contribution < 1.29 is 4.39 Å². The molecule has 0 spiro atoms. The standard InChI is InChI=1S/C28H37F/c1-3-5-7-9-22-11-13-23(14-12-22)24-15-17-25(18-16-24)27-20-19-26(28(29)21-27)10-8-6-4-2/h4,6,15-23H,3,5,7-14H2,1-2H3/b6-4+. The number of aryl methyl sites for hydroxylation is 1. The van der Waals surface area contributed by atoms with Gasteiger partial charge in [-0.3, -0.25) is 0 Å². The Kier molecular flexibility index (Phi) is 8.52. The Balaban J connectivity index is 1.57. The minimum atomic E-state index is -0.0857. The summed E-state index contributed by atoms with van der Waals surface area (Å²) in [6.07, 6.45) is 16.7. The minimum Gasteiger partial charge on any atom is -0.207 e. The van der Waals surface area contributed by atoms with Crippen LogP contribution < -0.4 is 0 Å². The Hall–Kier alpha value is -1.89. The first kappa shape index (κ1) is 21.8. The first-order valence-corrected chi connectivity index (χ1v) is 11.7. The quantitative estimate of drug-likeness (QED) is 0.295. The molecule has 0 heterocycles. The number of allylic oxidation sites excluding steroid dienone is 2. The second-order valence-electron chi connectivity index (χ2n) is 8.75. The molecular formula is C28H37F. The molecule has 0 aromatic heterocycles. The molecule has 0 bridgehead atoms. The van der Waals surface area contributed by atoms with E-state index in [2.05, 4.69) is 43.3 Å². The van der Waals surface area contributed by atoms with E-state index in [1.54, 1.807) is 6.07 Å². The Morgan fingerprint density at radius 2 is 1.66 bits per heavy atom. The molecule has 2 aromatic carbocycles. The monoisotopic (exact) mass is 392 g/mol. The van der Waals surface area contributed by atoms with E-state index in [1.807, 2.05) is 19.1 Å². The summed E-state index contributed by atoms with van der Waals surface area (Å²) in [5.74, 6) is 1.57. The van der Waals surface area contributed by atoms with Gasteiger partial charge >= 0.3 is 0 Å². The fourth-order valence-corrected chi connectivity index (χ4v) is 4.75. The van der Waals surface area contributed by atoms with Crippen LogP contribution in [-0.4, -0.2) is 0 Å². The average molecular weight is 393 g/mol. The van der Waals surface area contributed by atoms with Crippen molar-refractivity contribution >= 4 is 0 Å². The van der Waals surface area contributed by atoms with Crippen molar-refractivity contribution in [1.29, 1.82) is 0 Å². The van der Waals surface area contributed by atoms with E-state index in [1.165, 1.54) is 56.9 Å². The van der Waals surface area contributed by atoms with E-state index in [0.29, 0.717) is 5.92 Å². The summed E-state index contributed by atoms with van der Waals surface area (Å²) < 4.78 is 14.5. The molecule has 156 valence electrons. The van der Waals surface area contributed by atoms with Crippen LogP contribution in [0.5, 0.6) is 0 Å². The molecule has 0 N–H and O–H groups in total. The molecule has 0 unspecified atom stereocenters. The Labute approximate surface area is 177 Å². The number of halogens is 1. The second kappa shape index (κ2) is 11.3. The summed E-state index contributed by atoms with van der Waals surface area (Å²) >= 11 is 0. The van der Waals surface area contributed by atoms with Crippen LogP contribution in [0.3, 0.4) is 0 Å². The molecule has 0 amide bonds. The highest BCUT2D eigenvalue weighted by Gasteiger charge is 2.22. The SMILES string of the molecule is C/C=C/CCc1ccc(-c2ccc(C3CCC(CCCCC)CC3)cc2)cc1F. The third kappa shape index (κ3) is 6.29. The van der Waals surface area contributed by atoms with Crippen LogP contribution in [0.1, 0.15) is 88.7 Å². The van der Waals surface area contributed by atoms with Crippen LogP contribution in [0.4, 0.5) is 4.39 Å². The third-order valence-electron chi connectivity index (χ3n) is 6.65. The van der Waals surface area contributed by atoms with Gasteiger partial charge in [-0.1, -0.05) is 81.2 Å². The van der Waals surface area contributed by atoms with Gasteiger partial charge in [-0.2, -0.15) is 0 Å². The van der Waals surface area contributed by atoms with Gasteiger partial charge in [-0.15, -0.1) is 0 Å². The lowest BCUT2D eigenvalue weighted by Crippen LogP contribution is -2.13. The molecular weight excluding hydrogens is 355 g/mol. The van der Waals surface area contributed by atoms with Crippen molar-refractivity contribution in [2.45, 2.75) is 84.0 Å². The molecule has 0 nitrogen and oxygen atoms in total. The van der Waals surface area contributed by atoms with Gasteiger partial charge in [-0.25, -0.2) is 4.39 Å². The molecule has 0 aliphatic heterocycles. The van der Waals surface area contributed by atoms with E-state index < -0.39 is 0 Å². The number of benzene rings is 2. The largest absolute Gasteiger partial charge is 0.207 e. The highest BCUT2D eigenvalue weighted by Crippen LogP contribution is 2.38. The summed E-state index contributed by atoms with van der Waals surface area (Å²) in [6, 6.07) is 14.6. The van der Waals surface area contributed by atoms with Crippen molar-refractivity contribution in [2.24, 2.45) is 5.92 Å². The van der Waals surface area contributed by atoms with Gasteiger partial charge in [0.15, 0.2) is 0 Å². The Morgan fingerprint density at radius 1 is 0.931 bits per heavy atom. The fourth-order valence-electron chi connectivity index (χ4n) is 4.75. The first-order chi connectivity index (χ1) is 14.2. The molecule has 0 saturated heterocycles. The van der Waals surface area contributed by atoms with Gasteiger partial charge in [0.25, 0.3) is 0 Å². The molecule has 0 atom stereocenters. The van der Waals surface area contributed by atoms with Crippen molar-refractivity contribution in [3.8, 4) is 11.1 Å². The predicted octanol–water partition coefficient (Wildman–Crippen LogP) is 8.86. The molecule has 1 aliphatic rings. The predicted molar refractivity (Wildman–Crippen MR) is 124 cm³/mol. The zero-order chi connectivity index (χ0) is 20.5. The molecule has 0 radical (unpaired) electrons. The zero-order valence-corrected chi connectivity index (χ0v) is 18.3. The highest BCUT2D eigenvalue weighted by atomic mass is 19.1. The summed E-state index contributed by atoms with van der Waals surface area (Å²) in [4.78, 5) is 0. The molecule has 1 aliphatic carbocycles. The summed E-state index contributed by atoms with van der Waals surface area (Å²) in [6.45, 7) is 4.29. The van der Waals surface area contributed by atoms with Gasteiger partial charge in [0.1, 0.15) is 5.82 Å². The third-order valence-corrected chi connectivity index (χ3v) is 6.65. The number of hydrogen-bond donors (Lipinski definition) is 0. The summed E-state index contributed by atoms with van der Waals surface area (Å²) in [5.41, 5.74) is 4.35. The van der Waals surface area contributed by atoms with E-state index in [0.717, 1.165) is 35.4 Å². The van der Waals surface area contributed by atoms with Crippen LogP contribution in [0, 0.1) is 11.7 Å². The minimum absolute atomic E-state index is 0.0857. The van der Waals surface area contributed by atoms with Crippen LogP contribution in [0.25, 0.3) is 11.1 Å². The van der Waals surface area contributed by atoms with E-state index in [9.17, 15) is 4.39 Å². The van der Waals surface area contributed by atoms with Gasteiger partial charge in [-0.05, 0) is 85.6 Å². The lowest BCUT2D eigenvalue weighted by Gasteiger charge is -2.29. The van der Waals surface area contributed by atoms with Gasteiger partial charge < -0.3 is 0 Å². The van der Waals surface area contributed by atoms with Crippen LogP contribution in [-0.2, 0) is 6.42 Å². The Morgan fingerprint density at radius 3 is 2.31 bits per heavy atom. The van der Waals surface area contributed by atoms with Crippen LogP contribution in [0.15, 0.2) is 54.6 Å². The maximum atomic E-state index is 14.5. The maximum absolute atomic E-state index is 14.5. The molecule has 29 heavy (non-hydrogen) atoms. The van der Waals surface area contributed by atoms with Crippen LogP contribution >= 0.6 is 0 Å². The number of rotatable bonds is 9. The van der Waals surface area contributed by atoms with Crippen molar-refractivity contribution in [3.05, 3.63) is 71.6 Å². The van der Waals surface area contributed by atoms with Crippen molar-refractivity contribution in [1.82, 2.24) is 0 Å². The summed E-state index contributed by atoms with van der Waals surface area (Å²) in [5, 5.41) is 0. The first-order valence-electron chi connectivity index (χ1n) is 11.7. The van der Waals surface area contributed by atoms with Gasteiger partial charge in [0.05, 0.1) is 0 Å². The Bertz CT molecular complexity index is 763. The van der Waals surface area contributed by atoms with Crippen LogP contribution in [0.2, 0.25) is 0 Å². The molecule has 3 rings (SSSR count). The molecule has 2 aromatic rings. The van der Waals surface area contributed by atoms with E-state index in [-0.39, 0.29) is 5.82 Å². The smallest absolute Gasteiger partial charge is 0.127 e. The number of hydrogen-bond acceptors (Lipinski definition) is 0. The average Bonchev–Trinajstić information content (AvgIpc) is 2.76. The highest BCUT2D eigenvalue weighted by molar-refractivity contribution is 5.64.